The molecule has 0 saturated carbocycles. The predicted octanol–water partition coefficient (Wildman–Crippen LogP) is 2.75. The molecular formula is C12H10BrFN2O. The van der Waals surface area contributed by atoms with E-state index in [2.05, 4.69) is 20.9 Å². The summed E-state index contributed by atoms with van der Waals surface area (Å²) < 4.78 is 15.1. The summed E-state index contributed by atoms with van der Waals surface area (Å²) in [7, 11) is 1.76. The molecule has 0 aliphatic rings. The molecule has 1 heterocycles. The van der Waals surface area contributed by atoms with Gasteiger partial charge in [0.1, 0.15) is 11.5 Å². The van der Waals surface area contributed by atoms with Gasteiger partial charge in [-0.15, -0.1) is 0 Å². The average molecular weight is 297 g/mol. The lowest BCUT2D eigenvalue weighted by molar-refractivity contribution is 0.0985. The van der Waals surface area contributed by atoms with Gasteiger partial charge >= 0.3 is 0 Å². The van der Waals surface area contributed by atoms with Crippen molar-refractivity contribution in [3.63, 3.8) is 0 Å². The highest BCUT2D eigenvalue weighted by atomic mass is 79.9. The Morgan fingerprint density at radius 2 is 2.29 bits per heavy atom. The Bertz CT molecular complexity index is 565. The third kappa shape index (κ3) is 2.61. The molecule has 88 valence electrons. The number of hydrogen-bond acceptors (Lipinski definition) is 2. The first-order valence-corrected chi connectivity index (χ1v) is 5.80. The van der Waals surface area contributed by atoms with Crippen LogP contribution in [0, 0.1) is 5.82 Å². The molecule has 0 fully saturated rings. The number of halogens is 2. The molecule has 0 spiro atoms. The zero-order chi connectivity index (χ0) is 12.4. The van der Waals surface area contributed by atoms with Crippen LogP contribution in [0.4, 0.5) is 4.39 Å². The third-order valence-electron chi connectivity index (χ3n) is 2.45. The van der Waals surface area contributed by atoms with E-state index in [0.717, 1.165) is 5.56 Å². The van der Waals surface area contributed by atoms with Gasteiger partial charge in [-0.2, -0.15) is 0 Å². The van der Waals surface area contributed by atoms with Gasteiger partial charge in [0.15, 0.2) is 5.78 Å². The Hall–Kier alpha value is -1.49. The number of Topliss-reactive ketones (excluding diaryl/α,β-unsaturated/α-hetero) is 1. The predicted molar refractivity (Wildman–Crippen MR) is 65.3 cm³/mol. The number of aryl methyl sites for hydroxylation is 1. The molecule has 2 rings (SSSR count). The number of nitrogens with zero attached hydrogens (tertiary/aromatic N) is 2. The normalized spacial score (nSPS) is 10.5. The second-order valence-corrected chi connectivity index (χ2v) is 4.59. The Morgan fingerprint density at radius 3 is 2.88 bits per heavy atom. The second-order valence-electron chi connectivity index (χ2n) is 3.74. The van der Waals surface area contributed by atoms with Crippen LogP contribution in [0.1, 0.15) is 16.1 Å². The van der Waals surface area contributed by atoms with Crippen LogP contribution < -0.4 is 0 Å². The highest BCUT2D eigenvalue weighted by Crippen LogP contribution is 2.18. The fourth-order valence-electron chi connectivity index (χ4n) is 1.55. The molecule has 1 aromatic carbocycles. The van der Waals surface area contributed by atoms with Gasteiger partial charge in [-0.05, 0) is 33.6 Å². The molecule has 0 atom stereocenters. The van der Waals surface area contributed by atoms with E-state index in [1.165, 1.54) is 12.3 Å². The summed E-state index contributed by atoms with van der Waals surface area (Å²) in [5, 5.41) is 0. The quantitative estimate of drug-likeness (QED) is 0.817. The first-order valence-electron chi connectivity index (χ1n) is 5.01. The van der Waals surface area contributed by atoms with Crippen LogP contribution in [0.3, 0.4) is 0 Å². The summed E-state index contributed by atoms with van der Waals surface area (Å²) in [5.41, 5.74) is 1.31. The van der Waals surface area contributed by atoms with Crippen molar-refractivity contribution in [1.29, 1.82) is 0 Å². The number of carbonyl (C=O) groups excluding carboxylic acids is 1. The number of rotatable bonds is 3. The minimum Gasteiger partial charge on any atom is -0.331 e. The minimum absolute atomic E-state index is 0.0384. The van der Waals surface area contributed by atoms with E-state index < -0.39 is 0 Å². The highest BCUT2D eigenvalue weighted by molar-refractivity contribution is 9.10. The molecule has 0 saturated heterocycles. The van der Waals surface area contributed by atoms with E-state index in [9.17, 15) is 9.18 Å². The molecule has 0 amide bonds. The summed E-state index contributed by atoms with van der Waals surface area (Å²) in [5.74, 6) is -0.370. The zero-order valence-corrected chi connectivity index (χ0v) is 10.7. The van der Waals surface area contributed by atoms with E-state index in [0.29, 0.717) is 10.2 Å². The summed E-state index contributed by atoms with van der Waals surface area (Å²) >= 11 is 3.10. The maximum atomic E-state index is 13.0. The van der Waals surface area contributed by atoms with Gasteiger partial charge in [0.25, 0.3) is 0 Å². The minimum atomic E-state index is -0.332. The van der Waals surface area contributed by atoms with Crippen molar-refractivity contribution in [2.45, 2.75) is 6.42 Å². The Morgan fingerprint density at radius 1 is 1.53 bits per heavy atom. The van der Waals surface area contributed by atoms with E-state index in [-0.39, 0.29) is 18.0 Å². The first-order chi connectivity index (χ1) is 8.08. The standard InChI is InChI=1S/C12H10BrFN2O/c1-16-7-15-6-11(16)12(17)5-8-2-3-10(14)9(13)4-8/h2-4,6-7H,5H2,1H3. The Labute approximate surface area is 106 Å². The monoisotopic (exact) mass is 296 g/mol. The summed E-state index contributed by atoms with van der Waals surface area (Å²) in [4.78, 5) is 15.8. The highest BCUT2D eigenvalue weighted by Gasteiger charge is 2.11. The van der Waals surface area contributed by atoms with Gasteiger partial charge in [0.2, 0.25) is 0 Å². The van der Waals surface area contributed by atoms with E-state index >= 15 is 0 Å². The van der Waals surface area contributed by atoms with Crippen LogP contribution in [0.15, 0.2) is 35.2 Å². The smallest absolute Gasteiger partial charge is 0.185 e. The summed E-state index contributed by atoms with van der Waals surface area (Å²) in [6.07, 6.45) is 3.34. The van der Waals surface area contributed by atoms with Crippen molar-refractivity contribution in [3.05, 3.63) is 52.3 Å². The van der Waals surface area contributed by atoms with Gasteiger partial charge in [0, 0.05) is 13.5 Å². The van der Waals surface area contributed by atoms with Crippen molar-refractivity contribution >= 4 is 21.7 Å². The number of ketones is 1. The molecule has 5 heteroatoms. The molecule has 0 radical (unpaired) electrons. The number of aromatic nitrogens is 2. The molecule has 3 nitrogen and oxygen atoms in total. The van der Waals surface area contributed by atoms with E-state index in [4.69, 9.17) is 0 Å². The first kappa shape index (κ1) is 12.0. The van der Waals surface area contributed by atoms with Crippen LogP contribution in [0.2, 0.25) is 0 Å². The van der Waals surface area contributed by atoms with Crippen LogP contribution in [-0.2, 0) is 13.5 Å². The Balaban J connectivity index is 2.19. The van der Waals surface area contributed by atoms with Gasteiger partial charge in [-0.1, -0.05) is 6.07 Å². The summed E-state index contributed by atoms with van der Waals surface area (Å²) in [6, 6.07) is 4.56. The molecule has 0 aliphatic carbocycles. The van der Waals surface area contributed by atoms with Gasteiger partial charge in [-0.3, -0.25) is 4.79 Å². The maximum Gasteiger partial charge on any atom is 0.185 e. The lowest BCUT2D eigenvalue weighted by atomic mass is 10.1. The molecule has 0 bridgehead atoms. The van der Waals surface area contributed by atoms with Crippen molar-refractivity contribution < 1.29 is 9.18 Å². The Kier molecular flexibility index (Phi) is 3.38. The fraction of sp³-hybridized carbons (Fsp3) is 0.167. The second kappa shape index (κ2) is 4.79. The van der Waals surface area contributed by atoms with E-state index in [1.807, 2.05) is 0 Å². The van der Waals surface area contributed by atoms with Crippen molar-refractivity contribution in [3.8, 4) is 0 Å². The molecular weight excluding hydrogens is 287 g/mol. The number of imidazole rings is 1. The molecule has 1 aromatic heterocycles. The molecule has 0 aliphatic heterocycles. The average Bonchev–Trinajstić information content (AvgIpc) is 2.70. The largest absolute Gasteiger partial charge is 0.331 e. The molecule has 17 heavy (non-hydrogen) atoms. The number of hydrogen-bond donors (Lipinski definition) is 0. The SMILES string of the molecule is Cn1cncc1C(=O)Cc1ccc(F)c(Br)c1. The lowest BCUT2D eigenvalue weighted by Gasteiger charge is -2.03. The number of benzene rings is 1. The summed E-state index contributed by atoms with van der Waals surface area (Å²) in [6.45, 7) is 0. The van der Waals surface area contributed by atoms with Gasteiger partial charge in [-0.25, -0.2) is 9.37 Å². The molecule has 0 N–H and O–H groups in total. The lowest BCUT2D eigenvalue weighted by Crippen LogP contribution is -2.08. The third-order valence-corrected chi connectivity index (χ3v) is 3.06. The van der Waals surface area contributed by atoms with Crippen molar-refractivity contribution in [2.75, 3.05) is 0 Å². The van der Waals surface area contributed by atoms with Gasteiger partial charge in [0.05, 0.1) is 17.0 Å². The van der Waals surface area contributed by atoms with Crippen LogP contribution >= 0.6 is 15.9 Å². The van der Waals surface area contributed by atoms with Crippen molar-refractivity contribution in [2.24, 2.45) is 7.05 Å². The molecule has 0 unspecified atom stereocenters. The molecule has 2 aromatic rings. The topological polar surface area (TPSA) is 34.9 Å². The van der Waals surface area contributed by atoms with Crippen molar-refractivity contribution in [1.82, 2.24) is 9.55 Å². The van der Waals surface area contributed by atoms with Gasteiger partial charge < -0.3 is 4.57 Å². The van der Waals surface area contributed by atoms with Crippen LogP contribution in [0.25, 0.3) is 0 Å². The zero-order valence-electron chi connectivity index (χ0n) is 9.15. The van der Waals surface area contributed by atoms with Crippen LogP contribution in [0.5, 0.6) is 0 Å². The van der Waals surface area contributed by atoms with E-state index in [1.54, 1.807) is 30.1 Å². The fourth-order valence-corrected chi connectivity index (χ4v) is 1.98. The maximum absolute atomic E-state index is 13.0. The van der Waals surface area contributed by atoms with Crippen LogP contribution in [-0.4, -0.2) is 15.3 Å². The number of carbonyl (C=O) groups is 1.